The van der Waals surface area contributed by atoms with Gasteiger partial charge in [-0.3, -0.25) is 9.59 Å². The second kappa shape index (κ2) is 11.5. The molecule has 3 aromatic rings. The van der Waals surface area contributed by atoms with Gasteiger partial charge >= 0.3 is 0 Å². The number of halogens is 1. The van der Waals surface area contributed by atoms with Crippen molar-refractivity contribution in [3.05, 3.63) is 113 Å². The van der Waals surface area contributed by atoms with Gasteiger partial charge in [0.05, 0.1) is 25.9 Å². The average Bonchev–Trinajstić information content (AvgIpc) is 3.52. The molecule has 2 N–H and O–H groups in total. The summed E-state index contributed by atoms with van der Waals surface area (Å²) in [5, 5.41) is 5.62. The number of hydrogen-bond acceptors (Lipinski definition) is 5. The lowest BCUT2D eigenvalue weighted by molar-refractivity contribution is -0.119. The molecule has 2 aliphatic rings. The minimum Gasteiger partial charge on any atom is -0.370 e. The summed E-state index contributed by atoms with van der Waals surface area (Å²) < 4.78 is 31.3. The SMILES string of the molecule is O=C(N[C@H]1CO[C@H]2[C@@H]1OC[C@H]2OCc1ccccc1)/C(=C/c1ccc(F)cc1)NC(=O)c1ccccc1. The molecular weight excluding hydrogens is 475 g/mol. The van der Waals surface area contributed by atoms with Crippen LogP contribution in [0.5, 0.6) is 0 Å². The molecule has 0 spiro atoms. The Balaban J connectivity index is 1.26. The van der Waals surface area contributed by atoms with Crippen molar-refractivity contribution in [1.82, 2.24) is 10.6 Å². The van der Waals surface area contributed by atoms with Gasteiger partial charge in [-0.1, -0.05) is 60.7 Å². The first kappa shape index (κ1) is 24.8. The number of carbonyl (C=O) groups is 2. The summed E-state index contributed by atoms with van der Waals surface area (Å²) in [5.41, 5.74) is 2.05. The predicted octanol–water partition coefficient (Wildman–Crippen LogP) is 3.46. The number of carbonyl (C=O) groups excluding carboxylic acids is 2. The summed E-state index contributed by atoms with van der Waals surface area (Å²) in [7, 11) is 0. The lowest BCUT2D eigenvalue weighted by atomic mass is 10.1. The van der Waals surface area contributed by atoms with E-state index >= 15 is 0 Å². The molecule has 2 aliphatic heterocycles. The third-order valence-corrected chi connectivity index (χ3v) is 6.34. The molecule has 37 heavy (non-hydrogen) atoms. The Hall–Kier alpha value is -3.85. The van der Waals surface area contributed by atoms with E-state index in [-0.39, 0.29) is 30.6 Å². The van der Waals surface area contributed by atoms with Gasteiger partial charge in [0.25, 0.3) is 11.8 Å². The van der Waals surface area contributed by atoms with E-state index in [0.29, 0.717) is 24.3 Å². The molecule has 2 fully saturated rings. The molecule has 0 saturated carbocycles. The lowest BCUT2D eigenvalue weighted by Gasteiger charge is -2.19. The van der Waals surface area contributed by atoms with Gasteiger partial charge in [-0.15, -0.1) is 0 Å². The Morgan fingerprint density at radius 2 is 1.57 bits per heavy atom. The zero-order chi connectivity index (χ0) is 25.6. The van der Waals surface area contributed by atoms with Crippen molar-refractivity contribution >= 4 is 17.9 Å². The molecule has 5 rings (SSSR count). The van der Waals surface area contributed by atoms with Crippen molar-refractivity contribution < 1.29 is 28.2 Å². The fourth-order valence-corrected chi connectivity index (χ4v) is 4.42. The summed E-state index contributed by atoms with van der Waals surface area (Å²) in [6, 6.07) is 23.6. The maximum Gasteiger partial charge on any atom is 0.268 e. The highest BCUT2D eigenvalue weighted by atomic mass is 19.1. The summed E-state index contributed by atoms with van der Waals surface area (Å²) >= 11 is 0. The van der Waals surface area contributed by atoms with Crippen molar-refractivity contribution in [1.29, 1.82) is 0 Å². The van der Waals surface area contributed by atoms with Gasteiger partial charge in [-0.25, -0.2) is 4.39 Å². The van der Waals surface area contributed by atoms with E-state index in [9.17, 15) is 14.0 Å². The summed E-state index contributed by atoms with van der Waals surface area (Å²) in [4.78, 5) is 26.1. The number of hydrogen-bond donors (Lipinski definition) is 2. The van der Waals surface area contributed by atoms with Gasteiger partial charge in [0.15, 0.2) is 0 Å². The third kappa shape index (κ3) is 6.11. The quantitative estimate of drug-likeness (QED) is 0.461. The lowest BCUT2D eigenvalue weighted by Crippen LogP contribution is -2.46. The molecule has 190 valence electrons. The minimum atomic E-state index is -0.500. The number of benzene rings is 3. The maximum absolute atomic E-state index is 13.4. The van der Waals surface area contributed by atoms with Gasteiger partial charge in [-0.05, 0) is 41.5 Å². The van der Waals surface area contributed by atoms with Crippen molar-refractivity contribution in [2.45, 2.75) is 31.0 Å². The van der Waals surface area contributed by atoms with Crippen LogP contribution >= 0.6 is 0 Å². The molecular formula is C29H27FN2O5. The molecule has 0 bridgehead atoms. The van der Waals surface area contributed by atoms with Crippen molar-refractivity contribution in [3.63, 3.8) is 0 Å². The van der Waals surface area contributed by atoms with Crippen molar-refractivity contribution in [2.75, 3.05) is 13.2 Å². The molecule has 0 radical (unpaired) electrons. The molecule has 7 nitrogen and oxygen atoms in total. The second-order valence-corrected chi connectivity index (χ2v) is 8.94. The molecule has 2 saturated heterocycles. The summed E-state index contributed by atoms with van der Waals surface area (Å²) in [6.07, 6.45) is 0.572. The van der Waals surface area contributed by atoms with Gasteiger partial charge < -0.3 is 24.8 Å². The molecule has 0 unspecified atom stereocenters. The van der Waals surface area contributed by atoms with E-state index in [0.717, 1.165) is 5.56 Å². The largest absolute Gasteiger partial charge is 0.370 e. The normalized spacial score (nSPS) is 22.9. The van der Waals surface area contributed by atoms with Crippen LogP contribution in [0.2, 0.25) is 0 Å². The molecule has 3 aromatic carbocycles. The zero-order valence-electron chi connectivity index (χ0n) is 20.0. The van der Waals surface area contributed by atoms with Crippen LogP contribution in [0.1, 0.15) is 21.5 Å². The third-order valence-electron chi connectivity index (χ3n) is 6.34. The van der Waals surface area contributed by atoms with E-state index in [1.54, 1.807) is 30.3 Å². The molecule has 0 aliphatic carbocycles. The molecule has 8 heteroatoms. The topological polar surface area (TPSA) is 85.9 Å². The standard InChI is InChI=1S/C29H27FN2O5/c30-22-13-11-19(12-14-22)15-23(31-28(33)21-9-5-2-6-10-21)29(34)32-24-17-36-27-25(18-37-26(24)27)35-16-20-7-3-1-4-8-20/h1-15,24-27H,16-18H2,(H,31,33)(H,32,34)/b23-15-/t24-,25+,26+,27+/m0/s1. The first-order valence-electron chi connectivity index (χ1n) is 12.1. The van der Waals surface area contributed by atoms with Crippen LogP contribution in [0.3, 0.4) is 0 Å². The molecule has 4 atom stereocenters. The van der Waals surface area contributed by atoms with E-state index in [2.05, 4.69) is 10.6 Å². The zero-order valence-corrected chi connectivity index (χ0v) is 20.0. The van der Waals surface area contributed by atoms with Crippen LogP contribution in [-0.4, -0.2) is 49.4 Å². The van der Waals surface area contributed by atoms with Crippen molar-refractivity contribution in [2.24, 2.45) is 0 Å². The van der Waals surface area contributed by atoms with Crippen LogP contribution in [0.4, 0.5) is 4.39 Å². The maximum atomic E-state index is 13.4. The fourth-order valence-electron chi connectivity index (χ4n) is 4.42. The Bertz CT molecular complexity index is 1250. The predicted molar refractivity (Wildman–Crippen MR) is 135 cm³/mol. The summed E-state index contributed by atoms with van der Waals surface area (Å²) in [6.45, 7) is 1.05. The highest BCUT2D eigenvalue weighted by Gasteiger charge is 2.49. The van der Waals surface area contributed by atoms with E-state index in [1.807, 2.05) is 30.3 Å². The van der Waals surface area contributed by atoms with E-state index in [4.69, 9.17) is 14.2 Å². The Morgan fingerprint density at radius 1 is 0.892 bits per heavy atom. The highest BCUT2D eigenvalue weighted by Crippen LogP contribution is 2.29. The summed E-state index contributed by atoms with van der Waals surface area (Å²) in [5.74, 6) is -1.33. The average molecular weight is 503 g/mol. The van der Waals surface area contributed by atoms with Crippen LogP contribution in [0.15, 0.2) is 90.6 Å². The second-order valence-electron chi connectivity index (χ2n) is 8.94. The number of ether oxygens (including phenoxy) is 3. The van der Waals surface area contributed by atoms with Crippen LogP contribution in [-0.2, 0) is 25.6 Å². The Kier molecular flexibility index (Phi) is 7.70. The van der Waals surface area contributed by atoms with E-state index < -0.39 is 23.7 Å². The van der Waals surface area contributed by atoms with Gasteiger partial charge in [0, 0.05) is 5.56 Å². The number of rotatable bonds is 8. The monoisotopic (exact) mass is 502 g/mol. The first-order valence-corrected chi connectivity index (χ1v) is 12.1. The van der Waals surface area contributed by atoms with Gasteiger partial charge in [0.2, 0.25) is 0 Å². The molecule has 0 aromatic heterocycles. The van der Waals surface area contributed by atoms with E-state index in [1.165, 1.54) is 30.3 Å². The highest BCUT2D eigenvalue weighted by molar-refractivity contribution is 6.05. The molecule has 2 amide bonds. The van der Waals surface area contributed by atoms with Crippen LogP contribution in [0.25, 0.3) is 6.08 Å². The number of amides is 2. The fraction of sp³-hybridized carbons (Fsp3) is 0.241. The first-order chi connectivity index (χ1) is 18.1. The smallest absolute Gasteiger partial charge is 0.268 e. The van der Waals surface area contributed by atoms with Gasteiger partial charge in [-0.2, -0.15) is 0 Å². The number of nitrogens with one attached hydrogen (secondary N) is 2. The van der Waals surface area contributed by atoms with Crippen molar-refractivity contribution in [3.8, 4) is 0 Å². The van der Waals surface area contributed by atoms with Crippen LogP contribution < -0.4 is 10.6 Å². The minimum absolute atomic E-state index is 0.0267. The van der Waals surface area contributed by atoms with Gasteiger partial charge in [0.1, 0.15) is 29.8 Å². The molecule has 2 heterocycles. The number of fused-ring (bicyclic) bond motifs is 1. The Morgan fingerprint density at radius 3 is 2.30 bits per heavy atom. The Labute approximate surface area is 214 Å². The van der Waals surface area contributed by atoms with Crippen LogP contribution in [0, 0.1) is 5.82 Å².